The van der Waals surface area contributed by atoms with E-state index in [0.29, 0.717) is 6.04 Å². The summed E-state index contributed by atoms with van der Waals surface area (Å²) in [5.74, 6) is 0.937. The minimum atomic E-state index is 0.324. The molecule has 0 radical (unpaired) electrons. The first-order valence-corrected chi connectivity index (χ1v) is 5.24. The molecule has 2 rings (SSSR count). The number of fused-ring (bicyclic) bond motifs is 1. The van der Waals surface area contributed by atoms with Crippen molar-refractivity contribution < 1.29 is 9.47 Å². The van der Waals surface area contributed by atoms with Crippen molar-refractivity contribution in [2.45, 2.75) is 12.5 Å². The molecule has 0 bridgehead atoms. The van der Waals surface area contributed by atoms with Gasteiger partial charge in [0.2, 0.25) is 0 Å². The average Bonchev–Trinajstić information content (AvgIpc) is 2.29. The standard InChI is InChI=1S/C12H17NO2/c1-14-8-12-11-4-3-10(15-2)7-9(11)5-6-13-12/h3-4,7,12-13H,5-6,8H2,1-2H3/t12-/m0/s1. The van der Waals surface area contributed by atoms with Gasteiger partial charge in [-0.3, -0.25) is 0 Å². The summed E-state index contributed by atoms with van der Waals surface area (Å²) in [4.78, 5) is 0. The first kappa shape index (κ1) is 10.5. The number of ether oxygens (including phenoxy) is 2. The molecule has 0 aliphatic carbocycles. The molecule has 0 unspecified atom stereocenters. The fraction of sp³-hybridized carbons (Fsp3) is 0.500. The smallest absolute Gasteiger partial charge is 0.119 e. The Labute approximate surface area is 90.4 Å². The Kier molecular flexibility index (Phi) is 3.23. The van der Waals surface area contributed by atoms with Crippen molar-refractivity contribution in [3.8, 4) is 5.75 Å². The van der Waals surface area contributed by atoms with Gasteiger partial charge in [-0.05, 0) is 36.2 Å². The molecule has 0 aromatic heterocycles. The van der Waals surface area contributed by atoms with Crippen molar-refractivity contribution >= 4 is 0 Å². The summed E-state index contributed by atoms with van der Waals surface area (Å²) >= 11 is 0. The van der Waals surface area contributed by atoms with E-state index in [1.807, 2.05) is 6.07 Å². The van der Waals surface area contributed by atoms with Crippen LogP contribution in [0.15, 0.2) is 18.2 Å². The second-order valence-electron chi connectivity index (χ2n) is 3.78. The Hall–Kier alpha value is -1.06. The molecule has 1 aliphatic rings. The maximum Gasteiger partial charge on any atom is 0.119 e. The number of rotatable bonds is 3. The number of hydrogen-bond donors (Lipinski definition) is 1. The summed E-state index contributed by atoms with van der Waals surface area (Å²) in [6.45, 7) is 1.73. The van der Waals surface area contributed by atoms with E-state index in [1.54, 1.807) is 14.2 Å². The van der Waals surface area contributed by atoms with Crippen molar-refractivity contribution in [2.24, 2.45) is 0 Å². The molecule has 1 aromatic carbocycles. The highest BCUT2D eigenvalue weighted by atomic mass is 16.5. The summed E-state index contributed by atoms with van der Waals surface area (Å²) in [6.07, 6.45) is 1.06. The maximum absolute atomic E-state index is 5.22. The largest absolute Gasteiger partial charge is 0.497 e. The zero-order chi connectivity index (χ0) is 10.7. The van der Waals surface area contributed by atoms with E-state index in [0.717, 1.165) is 25.3 Å². The fourth-order valence-corrected chi connectivity index (χ4v) is 2.07. The van der Waals surface area contributed by atoms with Crippen LogP contribution in [0, 0.1) is 0 Å². The van der Waals surface area contributed by atoms with Gasteiger partial charge in [0.1, 0.15) is 5.75 Å². The van der Waals surface area contributed by atoms with E-state index in [4.69, 9.17) is 9.47 Å². The van der Waals surface area contributed by atoms with Crippen LogP contribution >= 0.6 is 0 Å². The monoisotopic (exact) mass is 207 g/mol. The summed E-state index contributed by atoms with van der Waals surface area (Å²) in [7, 11) is 3.44. The van der Waals surface area contributed by atoms with Gasteiger partial charge in [-0.2, -0.15) is 0 Å². The highest BCUT2D eigenvalue weighted by Crippen LogP contribution is 2.26. The summed E-state index contributed by atoms with van der Waals surface area (Å²) in [5, 5.41) is 3.45. The lowest BCUT2D eigenvalue weighted by Crippen LogP contribution is -2.32. The summed E-state index contributed by atoms with van der Waals surface area (Å²) in [5.41, 5.74) is 2.71. The van der Waals surface area contributed by atoms with E-state index in [1.165, 1.54) is 11.1 Å². The number of hydrogen-bond acceptors (Lipinski definition) is 3. The van der Waals surface area contributed by atoms with Crippen LogP contribution in [0.5, 0.6) is 5.75 Å². The fourth-order valence-electron chi connectivity index (χ4n) is 2.07. The van der Waals surface area contributed by atoms with Gasteiger partial charge in [-0.25, -0.2) is 0 Å². The van der Waals surface area contributed by atoms with E-state index < -0.39 is 0 Å². The summed E-state index contributed by atoms with van der Waals surface area (Å²) in [6, 6.07) is 6.59. The third kappa shape index (κ3) is 2.13. The lowest BCUT2D eigenvalue weighted by molar-refractivity contribution is 0.164. The van der Waals surface area contributed by atoms with Gasteiger partial charge in [-0.15, -0.1) is 0 Å². The van der Waals surface area contributed by atoms with Gasteiger partial charge in [0.15, 0.2) is 0 Å². The molecule has 0 spiro atoms. The van der Waals surface area contributed by atoms with Crippen molar-refractivity contribution in [1.29, 1.82) is 0 Å². The Morgan fingerprint density at radius 2 is 2.27 bits per heavy atom. The predicted molar refractivity (Wildman–Crippen MR) is 59.3 cm³/mol. The second kappa shape index (κ2) is 4.64. The lowest BCUT2D eigenvalue weighted by Gasteiger charge is -2.26. The van der Waals surface area contributed by atoms with Crippen LogP contribution in [0.25, 0.3) is 0 Å². The van der Waals surface area contributed by atoms with E-state index in [2.05, 4.69) is 17.4 Å². The van der Waals surface area contributed by atoms with Crippen LogP contribution in [-0.4, -0.2) is 27.4 Å². The van der Waals surface area contributed by atoms with E-state index in [-0.39, 0.29) is 0 Å². The topological polar surface area (TPSA) is 30.5 Å². The maximum atomic E-state index is 5.22. The van der Waals surface area contributed by atoms with Gasteiger partial charge in [0.05, 0.1) is 19.8 Å². The molecular weight excluding hydrogens is 190 g/mol. The van der Waals surface area contributed by atoms with Gasteiger partial charge in [0, 0.05) is 7.11 Å². The van der Waals surface area contributed by atoms with Gasteiger partial charge < -0.3 is 14.8 Å². The van der Waals surface area contributed by atoms with Crippen LogP contribution in [0.4, 0.5) is 0 Å². The van der Waals surface area contributed by atoms with Crippen molar-refractivity contribution in [3.05, 3.63) is 29.3 Å². The molecule has 15 heavy (non-hydrogen) atoms. The number of benzene rings is 1. The van der Waals surface area contributed by atoms with Gasteiger partial charge in [0.25, 0.3) is 0 Å². The molecule has 0 amide bonds. The molecule has 3 nitrogen and oxygen atoms in total. The quantitative estimate of drug-likeness (QED) is 0.815. The summed E-state index contributed by atoms with van der Waals surface area (Å²) < 4.78 is 10.4. The molecule has 0 saturated carbocycles. The Balaban J connectivity index is 2.28. The molecule has 3 heteroatoms. The zero-order valence-electron chi connectivity index (χ0n) is 9.25. The Morgan fingerprint density at radius 1 is 1.40 bits per heavy atom. The first-order valence-electron chi connectivity index (χ1n) is 5.24. The second-order valence-corrected chi connectivity index (χ2v) is 3.78. The minimum absolute atomic E-state index is 0.324. The molecule has 1 aliphatic heterocycles. The van der Waals surface area contributed by atoms with Crippen LogP contribution in [0.2, 0.25) is 0 Å². The molecule has 1 aromatic rings. The predicted octanol–water partition coefficient (Wildman–Crippen LogP) is 1.53. The first-order chi connectivity index (χ1) is 7.35. The minimum Gasteiger partial charge on any atom is -0.497 e. The highest BCUT2D eigenvalue weighted by Gasteiger charge is 2.19. The highest BCUT2D eigenvalue weighted by molar-refractivity contribution is 5.39. The number of methoxy groups -OCH3 is 2. The van der Waals surface area contributed by atoms with Crippen LogP contribution in [0.3, 0.4) is 0 Å². The number of nitrogens with one attached hydrogen (secondary N) is 1. The van der Waals surface area contributed by atoms with Crippen LogP contribution in [-0.2, 0) is 11.2 Å². The molecule has 82 valence electrons. The third-order valence-corrected chi connectivity index (χ3v) is 2.84. The van der Waals surface area contributed by atoms with Gasteiger partial charge >= 0.3 is 0 Å². The van der Waals surface area contributed by atoms with Crippen LogP contribution in [0.1, 0.15) is 17.2 Å². The Bertz CT molecular complexity index is 338. The van der Waals surface area contributed by atoms with Crippen molar-refractivity contribution in [2.75, 3.05) is 27.4 Å². The Morgan fingerprint density at radius 3 is 3.00 bits per heavy atom. The molecule has 1 N–H and O–H groups in total. The normalized spacial score (nSPS) is 19.7. The van der Waals surface area contributed by atoms with Crippen LogP contribution < -0.4 is 10.1 Å². The SMILES string of the molecule is COC[C@@H]1NCCc2cc(OC)ccc21. The molecule has 0 saturated heterocycles. The van der Waals surface area contributed by atoms with E-state index >= 15 is 0 Å². The lowest BCUT2D eigenvalue weighted by atomic mass is 9.94. The molecular formula is C12H17NO2. The van der Waals surface area contributed by atoms with E-state index in [9.17, 15) is 0 Å². The van der Waals surface area contributed by atoms with Crippen molar-refractivity contribution in [1.82, 2.24) is 5.32 Å². The third-order valence-electron chi connectivity index (χ3n) is 2.84. The average molecular weight is 207 g/mol. The zero-order valence-corrected chi connectivity index (χ0v) is 9.25. The molecule has 1 atom stereocenters. The van der Waals surface area contributed by atoms with Gasteiger partial charge in [-0.1, -0.05) is 6.07 Å². The van der Waals surface area contributed by atoms with Crippen molar-refractivity contribution in [3.63, 3.8) is 0 Å². The molecule has 1 heterocycles. The molecule has 0 fully saturated rings.